The Bertz CT molecular complexity index is 669. The molecule has 1 aromatic carbocycles. The van der Waals surface area contributed by atoms with Gasteiger partial charge in [-0.25, -0.2) is 4.79 Å². The third-order valence-corrected chi connectivity index (χ3v) is 5.79. The summed E-state index contributed by atoms with van der Waals surface area (Å²) in [5.74, 6) is 0.939. The Balaban J connectivity index is 1.45. The maximum Gasteiger partial charge on any atom is 0.320 e. The Labute approximate surface area is 148 Å². The van der Waals surface area contributed by atoms with E-state index in [1.807, 2.05) is 39.0 Å². The number of amides is 3. The van der Waals surface area contributed by atoms with Crippen LogP contribution in [-0.4, -0.2) is 61.6 Å². The number of benzene rings is 1. The molecule has 0 N–H and O–H groups in total. The fraction of sp³-hybridized carbons (Fsp3) is 0.579. The van der Waals surface area contributed by atoms with E-state index in [4.69, 9.17) is 4.74 Å². The molecule has 0 aromatic heterocycles. The maximum atomic E-state index is 12.6. The van der Waals surface area contributed by atoms with Crippen molar-refractivity contribution in [2.75, 3.05) is 44.7 Å². The number of rotatable bonds is 2. The van der Waals surface area contributed by atoms with Crippen molar-refractivity contribution in [1.29, 1.82) is 0 Å². The van der Waals surface area contributed by atoms with Crippen LogP contribution in [0.1, 0.15) is 25.7 Å². The molecule has 3 aliphatic rings. The Kier molecular flexibility index (Phi) is 4.06. The third kappa shape index (κ3) is 2.94. The average Bonchev–Trinajstić information content (AvgIpc) is 3.36. The molecule has 1 spiro atoms. The van der Waals surface area contributed by atoms with Gasteiger partial charge in [0.15, 0.2) is 0 Å². The number of carbonyl (C=O) groups excluding carboxylic acids is 2. The number of anilines is 1. The van der Waals surface area contributed by atoms with Crippen molar-refractivity contribution in [2.24, 2.45) is 5.41 Å². The van der Waals surface area contributed by atoms with Crippen molar-refractivity contribution in [3.8, 4) is 5.75 Å². The molecule has 3 heterocycles. The molecule has 0 aliphatic carbocycles. The SMILES string of the molecule is COc1ccc(N2C[C@@]3(CCN(C(=O)N4CCCC4)C3)CC2=O)cc1. The van der Waals surface area contributed by atoms with E-state index in [1.54, 1.807) is 7.11 Å². The lowest BCUT2D eigenvalue weighted by Gasteiger charge is -2.27. The van der Waals surface area contributed by atoms with Crippen molar-refractivity contribution >= 4 is 17.6 Å². The molecule has 6 heteroatoms. The van der Waals surface area contributed by atoms with Gasteiger partial charge in [0.25, 0.3) is 0 Å². The molecule has 1 atom stereocenters. The lowest BCUT2D eigenvalue weighted by molar-refractivity contribution is -0.117. The Morgan fingerprint density at radius 2 is 1.76 bits per heavy atom. The molecule has 4 rings (SSSR count). The minimum absolute atomic E-state index is 0.0909. The fourth-order valence-corrected chi connectivity index (χ4v) is 4.37. The van der Waals surface area contributed by atoms with Crippen molar-refractivity contribution < 1.29 is 14.3 Å². The highest BCUT2D eigenvalue weighted by atomic mass is 16.5. The fourth-order valence-electron chi connectivity index (χ4n) is 4.37. The summed E-state index contributed by atoms with van der Waals surface area (Å²) in [6, 6.07) is 7.77. The van der Waals surface area contributed by atoms with Crippen LogP contribution in [0.4, 0.5) is 10.5 Å². The predicted molar refractivity (Wildman–Crippen MR) is 94.8 cm³/mol. The number of methoxy groups -OCH3 is 1. The van der Waals surface area contributed by atoms with Gasteiger partial charge in [0.05, 0.1) is 7.11 Å². The Hall–Kier alpha value is -2.24. The molecule has 0 saturated carbocycles. The van der Waals surface area contributed by atoms with Gasteiger partial charge in [-0.2, -0.15) is 0 Å². The predicted octanol–water partition coefficient (Wildman–Crippen LogP) is 2.34. The molecule has 6 nitrogen and oxygen atoms in total. The molecule has 0 unspecified atom stereocenters. The van der Waals surface area contributed by atoms with E-state index < -0.39 is 0 Å². The topological polar surface area (TPSA) is 53.1 Å². The van der Waals surface area contributed by atoms with Crippen LogP contribution in [0.2, 0.25) is 0 Å². The lowest BCUT2D eigenvalue weighted by atomic mass is 9.86. The Morgan fingerprint density at radius 1 is 1.04 bits per heavy atom. The molecule has 3 amide bonds. The summed E-state index contributed by atoms with van der Waals surface area (Å²) in [6.45, 7) is 3.90. The van der Waals surface area contributed by atoms with Crippen molar-refractivity contribution in [3.05, 3.63) is 24.3 Å². The number of ether oxygens (including phenoxy) is 1. The molecule has 3 aliphatic heterocycles. The highest BCUT2D eigenvalue weighted by molar-refractivity contribution is 5.96. The summed E-state index contributed by atoms with van der Waals surface area (Å²) in [5.41, 5.74) is 0.818. The largest absolute Gasteiger partial charge is 0.497 e. The number of hydrogen-bond acceptors (Lipinski definition) is 3. The van der Waals surface area contributed by atoms with E-state index in [2.05, 4.69) is 0 Å². The molecule has 0 radical (unpaired) electrons. The van der Waals surface area contributed by atoms with Crippen LogP contribution in [0.3, 0.4) is 0 Å². The van der Waals surface area contributed by atoms with Gasteiger partial charge in [-0.05, 0) is 43.5 Å². The summed E-state index contributed by atoms with van der Waals surface area (Å²) in [6.07, 6.45) is 3.65. The summed E-state index contributed by atoms with van der Waals surface area (Å²) in [5, 5.41) is 0. The molecular formula is C19H25N3O3. The van der Waals surface area contributed by atoms with Crippen LogP contribution in [0.15, 0.2) is 24.3 Å². The van der Waals surface area contributed by atoms with Crippen LogP contribution in [0, 0.1) is 5.41 Å². The van der Waals surface area contributed by atoms with Gasteiger partial charge in [-0.3, -0.25) is 4.79 Å². The number of carbonyl (C=O) groups is 2. The van der Waals surface area contributed by atoms with E-state index in [0.29, 0.717) is 19.5 Å². The quantitative estimate of drug-likeness (QED) is 0.828. The van der Waals surface area contributed by atoms with Gasteiger partial charge >= 0.3 is 6.03 Å². The minimum Gasteiger partial charge on any atom is -0.497 e. The van der Waals surface area contributed by atoms with Gasteiger partial charge in [0.1, 0.15) is 5.75 Å². The summed E-state index contributed by atoms with van der Waals surface area (Å²) in [7, 11) is 1.63. The summed E-state index contributed by atoms with van der Waals surface area (Å²) >= 11 is 0. The second-order valence-corrected chi connectivity index (χ2v) is 7.50. The molecule has 1 aromatic rings. The zero-order chi connectivity index (χ0) is 17.4. The monoisotopic (exact) mass is 343 g/mol. The van der Waals surface area contributed by atoms with Gasteiger partial charge in [0, 0.05) is 50.2 Å². The first kappa shape index (κ1) is 16.2. The first-order chi connectivity index (χ1) is 12.1. The first-order valence-electron chi connectivity index (χ1n) is 9.09. The normalized spacial score (nSPS) is 26.1. The van der Waals surface area contributed by atoms with Gasteiger partial charge in [-0.15, -0.1) is 0 Å². The highest BCUT2D eigenvalue weighted by Gasteiger charge is 2.49. The first-order valence-corrected chi connectivity index (χ1v) is 9.09. The van der Waals surface area contributed by atoms with Crippen molar-refractivity contribution in [2.45, 2.75) is 25.7 Å². The van der Waals surface area contributed by atoms with Crippen LogP contribution in [-0.2, 0) is 4.79 Å². The summed E-state index contributed by atoms with van der Waals surface area (Å²) < 4.78 is 5.19. The van der Waals surface area contributed by atoms with Crippen LogP contribution in [0.5, 0.6) is 5.75 Å². The van der Waals surface area contributed by atoms with Gasteiger partial charge in [0.2, 0.25) is 5.91 Å². The summed E-state index contributed by atoms with van der Waals surface area (Å²) in [4.78, 5) is 31.0. The third-order valence-electron chi connectivity index (χ3n) is 5.79. The zero-order valence-corrected chi connectivity index (χ0v) is 14.7. The molecule has 134 valence electrons. The number of hydrogen-bond donors (Lipinski definition) is 0. The smallest absolute Gasteiger partial charge is 0.320 e. The zero-order valence-electron chi connectivity index (χ0n) is 14.7. The second-order valence-electron chi connectivity index (χ2n) is 7.50. The lowest BCUT2D eigenvalue weighted by Crippen LogP contribution is -2.42. The highest BCUT2D eigenvalue weighted by Crippen LogP contribution is 2.42. The van der Waals surface area contributed by atoms with E-state index in [0.717, 1.165) is 50.3 Å². The van der Waals surface area contributed by atoms with Crippen LogP contribution < -0.4 is 9.64 Å². The van der Waals surface area contributed by atoms with E-state index in [1.165, 1.54) is 0 Å². The minimum atomic E-state index is -0.0909. The maximum absolute atomic E-state index is 12.6. The number of likely N-dealkylation sites (tertiary alicyclic amines) is 2. The van der Waals surface area contributed by atoms with Gasteiger partial charge in [-0.1, -0.05) is 0 Å². The van der Waals surface area contributed by atoms with E-state index >= 15 is 0 Å². The molecule has 25 heavy (non-hydrogen) atoms. The van der Waals surface area contributed by atoms with Crippen LogP contribution in [0.25, 0.3) is 0 Å². The molecular weight excluding hydrogens is 318 g/mol. The van der Waals surface area contributed by atoms with Crippen molar-refractivity contribution in [3.63, 3.8) is 0 Å². The van der Waals surface area contributed by atoms with Gasteiger partial charge < -0.3 is 19.4 Å². The Morgan fingerprint density at radius 3 is 2.44 bits per heavy atom. The standard InChI is InChI=1S/C19H25N3O3/c1-25-16-6-4-15(5-7-16)22-14-19(12-17(22)23)8-11-21(13-19)18(24)20-9-2-3-10-20/h4-7H,2-3,8-14H2,1H3/t19-/m0/s1. The van der Waals surface area contributed by atoms with E-state index in [-0.39, 0.29) is 17.4 Å². The second kappa shape index (κ2) is 6.24. The molecule has 0 bridgehead atoms. The van der Waals surface area contributed by atoms with Crippen molar-refractivity contribution in [1.82, 2.24) is 9.80 Å². The van der Waals surface area contributed by atoms with Crippen LogP contribution >= 0.6 is 0 Å². The number of nitrogens with zero attached hydrogens (tertiary/aromatic N) is 3. The molecule has 3 saturated heterocycles. The molecule has 3 fully saturated rings. The average molecular weight is 343 g/mol. The van der Waals surface area contributed by atoms with E-state index in [9.17, 15) is 9.59 Å². The number of urea groups is 1.